The molecule has 0 bridgehead atoms. The van der Waals surface area contributed by atoms with Crippen molar-refractivity contribution in [1.29, 1.82) is 0 Å². The maximum atomic E-state index is 12.8. The number of ether oxygens (including phenoxy) is 1. The quantitative estimate of drug-likeness (QED) is 0.662. The smallest absolute Gasteiger partial charge is 0.309 e. The van der Waals surface area contributed by atoms with E-state index in [0.29, 0.717) is 22.4 Å². The number of benzene rings is 1. The second kappa shape index (κ2) is 9.77. The number of hydrogen-bond acceptors (Lipinski definition) is 8. The van der Waals surface area contributed by atoms with Gasteiger partial charge in [0.05, 0.1) is 30.0 Å². The van der Waals surface area contributed by atoms with Crippen LogP contribution in [0.2, 0.25) is 0 Å². The van der Waals surface area contributed by atoms with Gasteiger partial charge in [0.25, 0.3) is 0 Å². The van der Waals surface area contributed by atoms with Gasteiger partial charge in [-0.05, 0) is 50.3 Å². The molecule has 0 aliphatic carbocycles. The molecular weight excluding hydrogens is 428 g/mol. The lowest BCUT2D eigenvalue weighted by Gasteiger charge is -2.32. The lowest BCUT2D eigenvalue weighted by atomic mass is 9.93. The molecule has 2 aromatic rings. The number of piperidine rings is 1. The first kappa shape index (κ1) is 22.4. The standard InChI is InChI=1S/C23H28N4O4S/c1-15(28)17-9-11-27(12-10-17)23-25-19-4-3-13-32(30)21(19)22(26-23)24-18-7-5-16(6-8-18)14-20(29)31-2/h5-8,17H,3-4,9-14H2,1-2H3,(H,24,25,26)/t32-/m1/s1. The van der Waals surface area contributed by atoms with E-state index in [1.54, 1.807) is 6.92 Å². The molecule has 1 N–H and O–H groups in total. The highest BCUT2D eigenvalue weighted by Crippen LogP contribution is 2.32. The number of nitrogens with zero attached hydrogens (tertiary/aromatic N) is 3. The number of ketones is 1. The molecule has 32 heavy (non-hydrogen) atoms. The van der Waals surface area contributed by atoms with Crippen LogP contribution in [0.4, 0.5) is 17.5 Å². The molecule has 0 spiro atoms. The van der Waals surface area contributed by atoms with E-state index < -0.39 is 10.8 Å². The van der Waals surface area contributed by atoms with Crippen LogP contribution in [0.25, 0.3) is 0 Å². The van der Waals surface area contributed by atoms with Gasteiger partial charge in [-0.3, -0.25) is 13.8 Å². The summed E-state index contributed by atoms with van der Waals surface area (Å²) in [4.78, 5) is 35.5. The molecule has 1 fully saturated rings. The Kier molecular flexibility index (Phi) is 6.83. The zero-order chi connectivity index (χ0) is 22.7. The van der Waals surface area contributed by atoms with Gasteiger partial charge in [0.1, 0.15) is 10.7 Å². The van der Waals surface area contributed by atoms with Crippen LogP contribution >= 0.6 is 0 Å². The number of esters is 1. The van der Waals surface area contributed by atoms with Crippen molar-refractivity contribution < 1.29 is 18.5 Å². The second-order valence-electron chi connectivity index (χ2n) is 8.25. The second-order valence-corrected chi connectivity index (χ2v) is 9.76. The van der Waals surface area contributed by atoms with Crippen molar-refractivity contribution in [1.82, 2.24) is 9.97 Å². The number of carbonyl (C=O) groups excluding carboxylic acids is 2. The fourth-order valence-corrected chi connectivity index (χ4v) is 5.49. The van der Waals surface area contributed by atoms with Crippen LogP contribution < -0.4 is 10.2 Å². The Balaban J connectivity index is 1.59. The highest BCUT2D eigenvalue weighted by atomic mass is 32.2. The third kappa shape index (κ3) is 4.98. The monoisotopic (exact) mass is 456 g/mol. The lowest BCUT2D eigenvalue weighted by molar-refractivity contribution is -0.139. The molecule has 1 saturated heterocycles. The molecular formula is C23H28N4O4S. The van der Waals surface area contributed by atoms with E-state index in [1.807, 2.05) is 24.3 Å². The predicted molar refractivity (Wildman–Crippen MR) is 123 cm³/mol. The van der Waals surface area contributed by atoms with Gasteiger partial charge in [-0.1, -0.05) is 12.1 Å². The Labute approximate surface area is 190 Å². The summed E-state index contributed by atoms with van der Waals surface area (Å²) in [6.45, 7) is 3.12. The summed E-state index contributed by atoms with van der Waals surface area (Å²) in [5, 5.41) is 3.32. The molecule has 4 rings (SSSR count). The molecule has 0 radical (unpaired) electrons. The molecule has 2 aliphatic rings. The number of anilines is 3. The van der Waals surface area contributed by atoms with Crippen LogP contribution in [-0.4, -0.2) is 51.9 Å². The SMILES string of the molecule is COC(=O)Cc1ccc(Nc2nc(N3CCC(C(C)=O)CC3)nc3c2[S@](=O)CCC3)cc1. The predicted octanol–water partition coefficient (Wildman–Crippen LogP) is 2.79. The molecule has 170 valence electrons. The molecule has 9 heteroatoms. The van der Waals surface area contributed by atoms with Gasteiger partial charge in [0.2, 0.25) is 5.95 Å². The van der Waals surface area contributed by atoms with E-state index in [9.17, 15) is 13.8 Å². The Bertz CT molecular complexity index is 1030. The largest absolute Gasteiger partial charge is 0.469 e. The van der Waals surface area contributed by atoms with Crippen molar-refractivity contribution in [3.63, 3.8) is 0 Å². The van der Waals surface area contributed by atoms with E-state index in [-0.39, 0.29) is 24.1 Å². The third-order valence-electron chi connectivity index (χ3n) is 6.04. The number of carbonyl (C=O) groups is 2. The van der Waals surface area contributed by atoms with Crippen LogP contribution in [0.1, 0.15) is 37.4 Å². The van der Waals surface area contributed by atoms with Crippen molar-refractivity contribution in [2.45, 2.75) is 43.9 Å². The number of Topliss-reactive ketones (excluding diaryl/α,β-unsaturated/α-hetero) is 1. The number of nitrogens with one attached hydrogen (secondary N) is 1. The first-order chi connectivity index (χ1) is 15.4. The summed E-state index contributed by atoms with van der Waals surface area (Å²) in [5.74, 6) is 1.85. The molecule has 0 amide bonds. The Hall–Kier alpha value is -2.81. The average Bonchev–Trinajstić information content (AvgIpc) is 2.80. The summed E-state index contributed by atoms with van der Waals surface area (Å²) in [6, 6.07) is 7.46. The Morgan fingerprint density at radius 2 is 1.91 bits per heavy atom. The van der Waals surface area contributed by atoms with E-state index in [0.717, 1.165) is 55.7 Å². The molecule has 1 aromatic heterocycles. The number of aryl methyl sites for hydroxylation is 1. The van der Waals surface area contributed by atoms with Crippen LogP contribution in [0.15, 0.2) is 29.2 Å². The van der Waals surface area contributed by atoms with Gasteiger partial charge in [0.15, 0.2) is 5.82 Å². The third-order valence-corrected chi connectivity index (χ3v) is 7.58. The van der Waals surface area contributed by atoms with E-state index in [4.69, 9.17) is 14.7 Å². The van der Waals surface area contributed by atoms with Crippen LogP contribution in [0.5, 0.6) is 0 Å². The van der Waals surface area contributed by atoms with E-state index >= 15 is 0 Å². The zero-order valence-electron chi connectivity index (χ0n) is 18.4. The molecule has 0 unspecified atom stereocenters. The van der Waals surface area contributed by atoms with Crippen molar-refractivity contribution in [3.8, 4) is 0 Å². The molecule has 3 heterocycles. The van der Waals surface area contributed by atoms with Crippen LogP contribution in [0, 0.1) is 5.92 Å². The first-order valence-electron chi connectivity index (χ1n) is 10.9. The number of methoxy groups -OCH3 is 1. The fraction of sp³-hybridized carbons (Fsp3) is 0.478. The fourth-order valence-electron chi connectivity index (χ4n) is 4.16. The normalized spacial score (nSPS) is 18.7. The summed E-state index contributed by atoms with van der Waals surface area (Å²) in [5.41, 5.74) is 2.48. The average molecular weight is 457 g/mol. The van der Waals surface area contributed by atoms with Gasteiger partial charge in [0, 0.05) is 30.4 Å². The number of hydrogen-bond donors (Lipinski definition) is 1. The molecule has 8 nitrogen and oxygen atoms in total. The molecule has 0 saturated carbocycles. The summed E-state index contributed by atoms with van der Waals surface area (Å²) in [7, 11) is 0.221. The van der Waals surface area contributed by atoms with E-state index in [1.165, 1.54) is 7.11 Å². The van der Waals surface area contributed by atoms with Gasteiger partial charge < -0.3 is 15.0 Å². The summed E-state index contributed by atoms with van der Waals surface area (Å²) in [6.07, 6.45) is 3.42. The van der Waals surface area contributed by atoms with Crippen molar-refractivity contribution in [2.75, 3.05) is 36.2 Å². The maximum absolute atomic E-state index is 12.8. The Morgan fingerprint density at radius 1 is 1.19 bits per heavy atom. The van der Waals surface area contributed by atoms with Gasteiger partial charge in [-0.15, -0.1) is 0 Å². The van der Waals surface area contributed by atoms with Crippen molar-refractivity contribution >= 4 is 40.0 Å². The number of aromatic nitrogens is 2. The molecule has 1 aromatic carbocycles. The van der Waals surface area contributed by atoms with Crippen LogP contribution in [-0.2, 0) is 38.0 Å². The minimum absolute atomic E-state index is 0.109. The van der Waals surface area contributed by atoms with Gasteiger partial charge in [-0.25, -0.2) is 4.98 Å². The topological polar surface area (TPSA) is 101 Å². The molecule has 2 aliphatic heterocycles. The minimum atomic E-state index is -1.15. The van der Waals surface area contributed by atoms with Gasteiger partial charge in [-0.2, -0.15) is 4.98 Å². The summed E-state index contributed by atoms with van der Waals surface area (Å²) >= 11 is 0. The maximum Gasteiger partial charge on any atom is 0.309 e. The van der Waals surface area contributed by atoms with Crippen molar-refractivity contribution in [3.05, 3.63) is 35.5 Å². The van der Waals surface area contributed by atoms with Crippen LogP contribution in [0.3, 0.4) is 0 Å². The molecule has 1 atom stereocenters. The van der Waals surface area contributed by atoms with E-state index in [2.05, 4.69) is 10.2 Å². The Morgan fingerprint density at radius 3 is 2.56 bits per heavy atom. The summed E-state index contributed by atoms with van der Waals surface area (Å²) < 4.78 is 17.5. The number of fused-ring (bicyclic) bond motifs is 1. The van der Waals surface area contributed by atoms with Gasteiger partial charge >= 0.3 is 5.97 Å². The lowest BCUT2D eigenvalue weighted by Crippen LogP contribution is -2.37. The first-order valence-corrected chi connectivity index (χ1v) is 12.2. The highest BCUT2D eigenvalue weighted by molar-refractivity contribution is 7.85. The highest BCUT2D eigenvalue weighted by Gasteiger charge is 2.28. The zero-order valence-corrected chi connectivity index (χ0v) is 19.2. The number of rotatable bonds is 6. The van der Waals surface area contributed by atoms with Crippen molar-refractivity contribution in [2.24, 2.45) is 5.92 Å². The minimum Gasteiger partial charge on any atom is -0.469 e.